The highest BCUT2D eigenvalue weighted by Crippen LogP contribution is 2.38. The van der Waals surface area contributed by atoms with Crippen molar-refractivity contribution in [3.8, 4) is 0 Å². The Hall–Kier alpha value is -3.13. The van der Waals surface area contributed by atoms with E-state index in [-0.39, 0.29) is 50.9 Å². The number of halogens is 5. The molecule has 1 unspecified atom stereocenters. The number of carbonyl (C=O) groups is 2. The molecule has 0 aliphatic carbocycles. The van der Waals surface area contributed by atoms with Gasteiger partial charge in [-0.2, -0.15) is 18.3 Å². The lowest BCUT2D eigenvalue weighted by molar-refractivity contribution is -0.138. The van der Waals surface area contributed by atoms with E-state index in [2.05, 4.69) is 15.5 Å². The van der Waals surface area contributed by atoms with Crippen molar-refractivity contribution in [1.29, 1.82) is 0 Å². The van der Waals surface area contributed by atoms with Crippen LogP contribution in [-0.4, -0.2) is 66.2 Å². The molecule has 1 aliphatic rings. The van der Waals surface area contributed by atoms with Crippen molar-refractivity contribution in [2.75, 3.05) is 25.0 Å². The summed E-state index contributed by atoms with van der Waals surface area (Å²) in [5, 5.41) is 9.01. The maximum Gasteiger partial charge on any atom is 0.416 e. The number of aromatic nitrogens is 2. The Morgan fingerprint density at radius 3 is 2.62 bits per heavy atom. The summed E-state index contributed by atoms with van der Waals surface area (Å²) in [5.41, 5.74) is -1.21. The lowest BCUT2D eigenvalue weighted by Gasteiger charge is -2.34. The van der Waals surface area contributed by atoms with Crippen molar-refractivity contribution in [2.45, 2.75) is 48.1 Å². The van der Waals surface area contributed by atoms with Crippen LogP contribution in [0.15, 0.2) is 53.6 Å². The number of hydrogen-bond donors (Lipinski definition) is 2. The first kappa shape index (κ1) is 31.8. The van der Waals surface area contributed by atoms with Crippen molar-refractivity contribution >= 4 is 50.5 Å². The first-order valence-corrected chi connectivity index (χ1v) is 15.2. The molecule has 9 nitrogen and oxygen atoms in total. The first-order valence-electron chi connectivity index (χ1n) is 12.9. The van der Waals surface area contributed by atoms with Crippen molar-refractivity contribution in [2.24, 2.45) is 0 Å². The maximum atomic E-state index is 14.3. The molecule has 1 aliphatic heterocycles. The van der Waals surface area contributed by atoms with Crippen LogP contribution in [0.3, 0.4) is 0 Å². The molecule has 1 aromatic heterocycles. The van der Waals surface area contributed by atoms with Gasteiger partial charge in [0.25, 0.3) is 11.8 Å². The van der Waals surface area contributed by atoms with Gasteiger partial charge < -0.3 is 10.2 Å². The third kappa shape index (κ3) is 7.08. The van der Waals surface area contributed by atoms with E-state index in [0.29, 0.717) is 25.9 Å². The number of nitrogens with one attached hydrogen (secondary N) is 2. The molecule has 3 aromatic rings. The lowest BCUT2D eigenvalue weighted by Crippen LogP contribution is -2.47. The lowest BCUT2D eigenvalue weighted by atomic mass is 9.99. The second-order valence-electron chi connectivity index (χ2n) is 9.94. The van der Waals surface area contributed by atoms with E-state index >= 15 is 0 Å². The monoisotopic (exact) mass is 645 g/mol. The molecule has 1 saturated heterocycles. The molecule has 2 heterocycles. The number of aromatic amines is 1. The Labute approximate surface area is 250 Å². The number of anilines is 1. The highest BCUT2D eigenvalue weighted by molar-refractivity contribution is 7.93. The first-order chi connectivity index (χ1) is 19.7. The summed E-state index contributed by atoms with van der Waals surface area (Å²) >= 11 is 12.2. The molecular formula is C27H28Cl2F3N5O4S. The van der Waals surface area contributed by atoms with Gasteiger partial charge in [-0.3, -0.25) is 19.6 Å². The topological polar surface area (TPSA) is 115 Å². The SMILES string of the molecule is CC(Cl)S(=O)(=O)c1cccc(N(C)C(=O)c2cc(Cl)c(CN3CCC[C@H](NC(=O)c4cc[nH]n4)C3)c(C(F)(F)F)c2)c1. The van der Waals surface area contributed by atoms with Gasteiger partial charge in [-0.15, -0.1) is 11.6 Å². The molecule has 226 valence electrons. The molecule has 2 atom stereocenters. The smallest absolute Gasteiger partial charge is 0.347 e. The predicted octanol–water partition coefficient (Wildman–Crippen LogP) is 5.11. The molecular weight excluding hydrogens is 618 g/mol. The number of likely N-dealkylation sites (tertiary alicyclic amines) is 1. The molecule has 15 heteroatoms. The largest absolute Gasteiger partial charge is 0.416 e. The molecule has 0 spiro atoms. The fraction of sp³-hybridized carbons (Fsp3) is 0.370. The third-order valence-electron chi connectivity index (χ3n) is 6.97. The van der Waals surface area contributed by atoms with E-state index in [1.165, 1.54) is 56.6 Å². The molecule has 2 amide bonds. The minimum atomic E-state index is -4.82. The second-order valence-corrected chi connectivity index (χ2v) is 13.5. The average molecular weight is 647 g/mol. The quantitative estimate of drug-likeness (QED) is 0.329. The molecule has 42 heavy (non-hydrogen) atoms. The van der Waals surface area contributed by atoms with Crippen molar-refractivity contribution in [1.82, 2.24) is 20.4 Å². The summed E-state index contributed by atoms with van der Waals surface area (Å²) in [6.45, 7) is 1.93. The summed E-state index contributed by atoms with van der Waals surface area (Å²) in [4.78, 5) is 28.3. The van der Waals surface area contributed by atoms with Gasteiger partial charge in [0.05, 0.1) is 10.5 Å². The maximum absolute atomic E-state index is 14.3. The highest BCUT2D eigenvalue weighted by atomic mass is 35.5. The summed E-state index contributed by atoms with van der Waals surface area (Å²) < 4.78 is 66.5. The van der Waals surface area contributed by atoms with Gasteiger partial charge >= 0.3 is 6.18 Å². The number of alkyl halides is 4. The Morgan fingerprint density at radius 1 is 1.24 bits per heavy atom. The van der Waals surface area contributed by atoms with Crippen molar-refractivity contribution < 1.29 is 31.2 Å². The number of amides is 2. The number of sulfone groups is 1. The van der Waals surface area contributed by atoms with E-state index in [1.54, 1.807) is 4.90 Å². The second kappa shape index (κ2) is 12.6. The summed E-state index contributed by atoms with van der Waals surface area (Å²) in [6.07, 6.45) is -2.01. The van der Waals surface area contributed by atoms with Gasteiger partial charge in [0.15, 0.2) is 9.84 Å². The van der Waals surface area contributed by atoms with Crippen LogP contribution in [0.1, 0.15) is 51.7 Å². The molecule has 0 radical (unpaired) electrons. The van der Waals surface area contributed by atoms with E-state index in [1.807, 2.05) is 0 Å². The zero-order chi connectivity index (χ0) is 30.8. The van der Waals surface area contributed by atoms with Crippen molar-refractivity contribution in [3.63, 3.8) is 0 Å². The molecule has 1 fully saturated rings. The number of carbonyl (C=O) groups excluding carboxylic acids is 2. The van der Waals surface area contributed by atoms with Crippen LogP contribution in [0.5, 0.6) is 0 Å². The van der Waals surface area contributed by atoms with Gasteiger partial charge in [-0.05, 0) is 68.3 Å². The zero-order valence-electron chi connectivity index (χ0n) is 22.6. The number of hydrogen-bond acceptors (Lipinski definition) is 6. The molecule has 0 saturated carbocycles. The molecule has 2 N–H and O–H groups in total. The Kier molecular flexibility index (Phi) is 9.55. The van der Waals surface area contributed by atoms with Crippen LogP contribution in [0.2, 0.25) is 5.02 Å². The number of piperidine rings is 1. The molecule has 2 aromatic carbocycles. The van der Waals surface area contributed by atoms with Crippen LogP contribution in [0.4, 0.5) is 18.9 Å². The fourth-order valence-electron chi connectivity index (χ4n) is 4.73. The number of H-pyrrole nitrogens is 1. The van der Waals surface area contributed by atoms with Crippen molar-refractivity contribution in [3.05, 3.63) is 76.1 Å². The Balaban J connectivity index is 1.57. The van der Waals surface area contributed by atoms with Crippen LogP contribution in [0, 0.1) is 0 Å². The number of nitrogens with zero attached hydrogens (tertiary/aromatic N) is 3. The van der Waals surface area contributed by atoms with Gasteiger partial charge in [0.2, 0.25) is 0 Å². The highest BCUT2D eigenvalue weighted by Gasteiger charge is 2.37. The van der Waals surface area contributed by atoms with E-state index in [0.717, 1.165) is 11.0 Å². The minimum Gasteiger partial charge on any atom is -0.347 e. The fourth-order valence-corrected chi connectivity index (χ4v) is 6.24. The summed E-state index contributed by atoms with van der Waals surface area (Å²) in [5.74, 6) is -1.20. The normalized spacial score (nSPS) is 17.1. The van der Waals surface area contributed by atoms with E-state index in [4.69, 9.17) is 23.2 Å². The van der Waals surface area contributed by atoms with Crippen LogP contribution < -0.4 is 10.2 Å². The van der Waals surface area contributed by atoms with E-state index in [9.17, 15) is 31.2 Å². The van der Waals surface area contributed by atoms with Gasteiger partial charge in [0, 0.05) is 48.6 Å². The van der Waals surface area contributed by atoms with Gasteiger partial charge in [0.1, 0.15) is 10.4 Å². The minimum absolute atomic E-state index is 0.133. The predicted molar refractivity (Wildman–Crippen MR) is 152 cm³/mol. The number of benzene rings is 2. The standard InChI is InChI=1S/C27H28Cl2F3N5O4S/c1-16(28)42(40,41)20-7-3-6-19(13-20)36(2)26(39)17-11-22(27(30,31)32)21(23(29)12-17)15-37-10-4-5-18(14-37)34-25(38)24-8-9-33-35-24/h3,6-9,11-13,16,18H,4-5,10,14-15H2,1-2H3,(H,33,35)(H,34,38)/t16?,18-/m0/s1. The number of rotatable bonds is 8. The average Bonchev–Trinajstić information content (AvgIpc) is 3.48. The third-order valence-corrected chi connectivity index (χ3v) is 9.78. The van der Waals surface area contributed by atoms with E-state index < -0.39 is 32.2 Å². The summed E-state index contributed by atoms with van der Waals surface area (Å²) in [7, 11) is -2.55. The van der Waals surface area contributed by atoms with Gasteiger partial charge in [-0.1, -0.05) is 17.7 Å². The summed E-state index contributed by atoms with van der Waals surface area (Å²) in [6, 6.07) is 8.55. The van der Waals surface area contributed by atoms with Gasteiger partial charge in [-0.25, -0.2) is 8.42 Å². The molecule has 4 rings (SSSR count). The Morgan fingerprint density at radius 2 is 1.98 bits per heavy atom. The zero-order valence-corrected chi connectivity index (χ0v) is 24.9. The van der Waals surface area contributed by atoms with Crippen LogP contribution in [0.25, 0.3) is 0 Å². The molecule has 0 bridgehead atoms. The van der Waals surface area contributed by atoms with Crippen LogP contribution >= 0.6 is 23.2 Å². The Bertz CT molecular complexity index is 1570. The van der Waals surface area contributed by atoms with Crippen LogP contribution in [-0.2, 0) is 22.6 Å².